The molecule has 10 heteroatoms. The average Bonchev–Trinajstić information content (AvgIpc) is 3.33. The van der Waals surface area contributed by atoms with Crippen molar-refractivity contribution < 1.29 is 28.5 Å². The standard InChI is InChI=1S/C24H29N3O6S/c1-29-17-13-16(14-18(15-17)30-2)23(28)27(8-7-26-9-11-33-12-10-26)24-25-21-19(31-3)5-6-20(32-4)22(21)34-24/h5-6,13-15H,7-12H2,1-4H3. The number of fused-ring (bicyclic) bond motifs is 1. The first-order valence-electron chi connectivity index (χ1n) is 10.9. The fraction of sp³-hybridized carbons (Fsp3) is 0.417. The van der Waals surface area contributed by atoms with Gasteiger partial charge in [-0.3, -0.25) is 14.6 Å². The van der Waals surface area contributed by atoms with Crippen LogP contribution in [0.5, 0.6) is 23.0 Å². The first kappa shape index (κ1) is 24.1. The lowest BCUT2D eigenvalue weighted by Gasteiger charge is -2.29. The van der Waals surface area contributed by atoms with Crippen LogP contribution in [0.15, 0.2) is 30.3 Å². The van der Waals surface area contributed by atoms with Gasteiger partial charge in [0.1, 0.15) is 33.2 Å². The van der Waals surface area contributed by atoms with Crippen molar-refractivity contribution in [3.63, 3.8) is 0 Å². The minimum absolute atomic E-state index is 0.192. The summed E-state index contributed by atoms with van der Waals surface area (Å²) >= 11 is 1.40. The van der Waals surface area contributed by atoms with Crippen LogP contribution in [0.3, 0.4) is 0 Å². The topological polar surface area (TPSA) is 82.6 Å². The van der Waals surface area contributed by atoms with Gasteiger partial charge in [-0.15, -0.1) is 0 Å². The Hall–Kier alpha value is -3.08. The monoisotopic (exact) mass is 487 g/mol. The summed E-state index contributed by atoms with van der Waals surface area (Å²) in [5.41, 5.74) is 1.12. The molecule has 0 spiro atoms. The van der Waals surface area contributed by atoms with E-state index in [-0.39, 0.29) is 5.91 Å². The molecule has 2 aromatic carbocycles. The van der Waals surface area contributed by atoms with Crippen molar-refractivity contribution in [3.8, 4) is 23.0 Å². The van der Waals surface area contributed by atoms with Crippen molar-refractivity contribution in [2.75, 3.05) is 72.7 Å². The third-order valence-corrected chi connectivity index (χ3v) is 6.81. The average molecular weight is 488 g/mol. The Morgan fingerprint density at radius 2 is 1.65 bits per heavy atom. The van der Waals surface area contributed by atoms with E-state index in [4.69, 9.17) is 28.7 Å². The molecular formula is C24H29N3O6S. The van der Waals surface area contributed by atoms with Crippen molar-refractivity contribution in [2.24, 2.45) is 0 Å². The highest BCUT2D eigenvalue weighted by atomic mass is 32.1. The van der Waals surface area contributed by atoms with Crippen molar-refractivity contribution >= 4 is 32.6 Å². The number of nitrogens with zero attached hydrogens (tertiary/aromatic N) is 3. The van der Waals surface area contributed by atoms with Gasteiger partial charge >= 0.3 is 0 Å². The van der Waals surface area contributed by atoms with E-state index in [1.54, 1.807) is 51.5 Å². The number of hydrogen-bond acceptors (Lipinski definition) is 9. The van der Waals surface area contributed by atoms with Crippen LogP contribution in [-0.2, 0) is 4.74 Å². The predicted octanol–water partition coefficient (Wildman–Crippen LogP) is 3.31. The number of hydrogen-bond donors (Lipinski definition) is 0. The normalized spacial score (nSPS) is 14.1. The van der Waals surface area contributed by atoms with Gasteiger partial charge in [0.25, 0.3) is 5.91 Å². The van der Waals surface area contributed by atoms with Crippen molar-refractivity contribution in [2.45, 2.75) is 0 Å². The SMILES string of the molecule is COc1cc(OC)cc(C(=O)N(CCN2CCOCC2)c2nc3c(OC)ccc(OC)c3s2)c1. The number of aromatic nitrogens is 1. The van der Waals surface area contributed by atoms with E-state index in [1.807, 2.05) is 12.1 Å². The van der Waals surface area contributed by atoms with E-state index in [0.29, 0.717) is 65.5 Å². The summed E-state index contributed by atoms with van der Waals surface area (Å²) in [6, 6.07) is 8.82. The summed E-state index contributed by atoms with van der Waals surface area (Å²) in [4.78, 5) is 22.6. The number of morpholine rings is 1. The quantitative estimate of drug-likeness (QED) is 0.455. The zero-order chi connectivity index (χ0) is 24.1. The molecule has 0 bridgehead atoms. The molecule has 9 nitrogen and oxygen atoms in total. The van der Waals surface area contributed by atoms with Gasteiger partial charge in [0.2, 0.25) is 0 Å². The Bertz CT molecular complexity index is 1080. The summed E-state index contributed by atoms with van der Waals surface area (Å²) in [6.45, 7) is 4.20. The van der Waals surface area contributed by atoms with Crippen LogP contribution in [-0.4, -0.2) is 83.6 Å². The minimum atomic E-state index is -0.192. The fourth-order valence-corrected chi connectivity index (χ4v) is 4.93. The van der Waals surface area contributed by atoms with E-state index >= 15 is 0 Å². The lowest BCUT2D eigenvalue weighted by molar-refractivity contribution is 0.0391. The molecule has 1 aromatic heterocycles. The molecular weight excluding hydrogens is 458 g/mol. The van der Waals surface area contributed by atoms with E-state index in [2.05, 4.69) is 4.90 Å². The van der Waals surface area contributed by atoms with E-state index in [9.17, 15) is 4.79 Å². The summed E-state index contributed by atoms with van der Waals surface area (Å²) in [7, 11) is 6.34. The Balaban J connectivity index is 1.74. The highest BCUT2D eigenvalue weighted by molar-refractivity contribution is 7.22. The maximum atomic E-state index is 13.8. The number of thiazole rings is 1. The Labute approximate surface area is 202 Å². The van der Waals surface area contributed by atoms with Crippen molar-refractivity contribution in [1.82, 2.24) is 9.88 Å². The first-order valence-corrected chi connectivity index (χ1v) is 11.8. The van der Waals surface area contributed by atoms with Gasteiger partial charge in [-0.25, -0.2) is 4.98 Å². The van der Waals surface area contributed by atoms with E-state index in [1.165, 1.54) is 11.3 Å². The van der Waals surface area contributed by atoms with Gasteiger partial charge in [0, 0.05) is 37.8 Å². The van der Waals surface area contributed by atoms with Crippen LogP contribution < -0.4 is 23.8 Å². The van der Waals surface area contributed by atoms with Crippen LogP contribution in [0.2, 0.25) is 0 Å². The van der Waals surface area contributed by atoms with Crippen molar-refractivity contribution in [1.29, 1.82) is 0 Å². The van der Waals surface area contributed by atoms with Crippen LogP contribution in [0.25, 0.3) is 10.2 Å². The van der Waals surface area contributed by atoms with Crippen LogP contribution in [0.1, 0.15) is 10.4 Å². The molecule has 1 amide bonds. The lowest BCUT2D eigenvalue weighted by Crippen LogP contribution is -2.43. The molecule has 0 unspecified atom stereocenters. The first-order chi connectivity index (χ1) is 16.6. The number of rotatable bonds is 9. The number of anilines is 1. The molecule has 3 aromatic rings. The molecule has 1 saturated heterocycles. The fourth-order valence-electron chi connectivity index (χ4n) is 3.83. The van der Waals surface area contributed by atoms with Crippen LogP contribution in [0.4, 0.5) is 5.13 Å². The molecule has 0 saturated carbocycles. The van der Waals surface area contributed by atoms with Crippen LogP contribution >= 0.6 is 11.3 Å². The molecule has 182 valence electrons. The Morgan fingerprint density at radius 1 is 1.00 bits per heavy atom. The van der Waals surface area contributed by atoms with Gasteiger partial charge < -0.3 is 23.7 Å². The summed E-state index contributed by atoms with van der Waals surface area (Å²) < 4.78 is 28.1. The highest BCUT2D eigenvalue weighted by Crippen LogP contribution is 2.40. The maximum absolute atomic E-state index is 13.8. The predicted molar refractivity (Wildman–Crippen MR) is 131 cm³/mol. The second kappa shape index (κ2) is 10.9. The molecule has 0 N–H and O–H groups in total. The second-order valence-corrected chi connectivity index (χ2v) is 8.63. The number of carbonyl (C=O) groups is 1. The smallest absolute Gasteiger partial charge is 0.260 e. The molecule has 4 rings (SSSR count). The number of carbonyl (C=O) groups excluding carboxylic acids is 1. The third-order valence-electron chi connectivity index (χ3n) is 5.72. The molecule has 2 heterocycles. The number of ether oxygens (including phenoxy) is 5. The molecule has 1 aliphatic rings. The number of amides is 1. The molecule has 0 atom stereocenters. The van der Waals surface area contributed by atoms with E-state index < -0.39 is 0 Å². The van der Waals surface area contributed by atoms with Gasteiger partial charge in [-0.1, -0.05) is 11.3 Å². The van der Waals surface area contributed by atoms with Crippen LogP contribution in [0, 0.1) is 0 Å². The molecule has 1 fully saturated rings. The Kier molecular flexibility index (Phi) is 7.71. The summed E-state index contributed by atoms with van der Waals surface area (Å²) in [5.74, 6) is 2.21. The highest BCUT2D eigenvalue weighted by Gasteiger charge is 2.25. The minimum Gasteiger partial charge on any atom is -0.497 e. The summed E-state index contributed by atoms with van der Waals surface area (Å²) in [6.07, 6.45) is 0. The van der Waals surface area contributed by atoms with Gasteiger partial charge in [0.05, 0.1) is 41.7 Å². The van der Waals surface area contributed by atoms with Gasteiger partial charge in [-0.05, 0) is 24.3 Å². The molecule has 0 aliphatic carbocycles. The summed E-state index contributed by atoms with van der Waals surface area (Å²) in [5, 5.41) is 0.567. The second-order valence-electron chi connectivity index (χ2n) is 7.66. The maximum Gasteiger partial charge on any atom is 0.260 e. The number of benzene rings is 2. The third kappa shape index (κ3) is 5.03. The largest absolute Gasteiger partial charge is 0.497 e. The van der Waals surface area contributed by atoms with Gasteiger partial charge in [0.15, 0.2) is 5.13 Å². The van der Waals surface area contributed by atoms with Gasteiger partial charge in [-0.2, -0.15) is 0 Å². The van der Waals surface area contributed by atoms with Crippen molar-refractivity contribution in [3.05, 3.63) is 35.9 Å². The Morgan fingerprint density at radius 3 is 2.26 bits per heavy atom. The molecule has 34 heavy (non-hydrogen) atoms. The van der Waals surface area contributed by atoms with E-state index in [0.717, 1.165) is 17.8 Å². The molecule has 0 radical (unpaired) electrons. The number of methoxy groups -OCH3 is 4. The zero-order valence-corrected chi connectivity index (χ0v) is 20.6. The lowest BCUT2D eigenvalue weighted by atomic mass is 10.1. The molecule has 1 aliphatic heterocycles. The zero-order valence-electron chi connectivity index (χ0n) is 19.8.